The highest BCUT2D eigenvalue weighted by Gasteiger charge is 2.45. The molecule has 4 nitrogen and oxygen atoms in total. The Labute approximate surface area is 127 Å². The van der Waals surface area contributed by atoms with Crippen LogP contribution >= 0.6 is 0 Å². The first kappa shape index (κ1) is 14.9. The van der Waals surface area contributed by atoms with Crippen molar-refractivity contribution in [2.24, 2.45) is 17.8 Å². The fraction of sp³-hybridized carbons (Fsp3) is 0.882. The van der Waals surface area contributed by atoms with Gasteiger partial charge >= 0.3 is 0 Å². The standard InChI is InChI=1S/C17H28N2O2/c1-4-17(3)16(21)19(11(2)7-15(20)18-17)10-14-9-12-5-6-13(14)8-12/h11-14H,4-10H2,1-3H3,(H,18,20). The molecule has 1 heterocycles. The number of fused-ring (bicyclic) bond motifs is 2. The number of carbonyl (C=O) groups is 2. The second-order valence-electron chi connectivity index (χ2n) is 7.68. The Balaban J connectivity index is 1.78. The van der Waals surface area contributed by atoms with Gasteiger partial charge in [-0.15, -0.1) is 0 Å². The van der Waals surface area contributed by atoms with E-state index in [0.29, 0.717) is 18.8 Å². The Morgan fingerprint density at radius 1 is 1.29 bits per heavy atom. The summed E-state index contributed by atoms with van der Waals surface area (Å²) in [6.45, 7) is 6.72. The summed E-state index contributed by atoms with van der Waals surface area (Å²) < 4.78 is 0. The lowest BCUT2D eigenvalue weighted by atomic mass is 9.87. The summed E-state index contributed by atoms with van der Waals surface area (Å²) in [6.07, 6.45) is 6.46. The topological polar surface area (TPSA) is 49.4 Å². The van der Waals surface area contributed by atoms with Crippen LogP contribution in [-0.4, -0.2) is 34.8 Å². The molecule has 0 aromatic rings. The zero-order valence-electron chi connectivity index (χ0n) is 13.5. The van der Waals surface area contributed by atoms with Gasteiger partial charge in [0.2, 0.25) is 11.8 Å². The largest absolute Gasteiger partial charge is 0.342 e. The van der Waals surface area contributed by atoms with Crippen molar-refractivity contribution < 1.29 is 9.59 Å². The molecule has 4 heteroatoms. The van der Waals surface area contributed by atoms with Crippen LogP contribution in [0.5, 0.6) is 0 Å². The van der Waals surface area contributed by atoms with Crippen molar-refractivity contribution in [3.05, 3.63) is 0 Å². The molecule has 5 unspecified atom stereocenters. The van der Waals surface area contributed by atoms with Crippen molar-refractivity contribution in [1.82, 2.24) is 10.2 Å². The van der Waals surface area contributed by atoms with Crippen LogP contribution in [0.4, 0.5) is 0 Å². The van der Waals surface area contributed by atoms with Crippen LogP contribution < -0.4 is 5.32 Å². The van der Waals surface area contributed by atoms with Gasteiger partial charge in [-0.25, -0.2) is 0 Å². The van der Waals surface area contributed by atoms with E-state index < -0.39 is 5.54 Å². The molecule has 1 N–H and O–H groups in total. The maximum absolute atomic E-state index is 13.0. The number of nitrogens with one attached hydrogen (secondary N) is 1. The third-order valence-electron chi connectivity index (χ3n) is 6.18. The fourth-order valence-corrected chi connectivity index (χ4v) is 4.66. The van der Waals surface area contributed by atoms with Crippen molar-refractivity contribution >= 4 is 11.8 Å². The molecule has 2 bridgehead atoms. The van der Waals surface area contributed by atoms with Crippen molar-refractivity contribution in [1.29, 1.82) is 0 Å². The molecule has 2 saturated carbocycles. The van der Waals surface area contributed by atoms with E-state index in [1.165, 1.54) is 25.7 Å². The van der Waals surface area contributed by atoms with Gasteiger partial charge in [-0.2, -0.15) is 0 Å². The molecule has 2 aliphatic carbocycles. The van der Waals surface area contributed by atoms with Gasteiger partial charge in [-0.05, 0) is 57.3 Å². The number of carbonyl (C=O) groups excluding carboxylic acids is 2. The molecule has 3 rings (SSSR count). The van der Waals surface area contributed by atoms with Crippen LogP contribution in [0, 0.1) is 17.8 Å². The lowest BCUT2D eigenvalue weighted by Gasteiger charge is -2.37. The quantitative estimate of drug-likeness (QED) is 0.868. The van der Waals surface area contributed by atoms with Crippen molar-refractivity contribution in [2.45, 2.75) is 70.9 Å². The van der Waals surface area contributed by atoms with E-state index >= 15 is 0 Å². The van der Waals surface area contributed by atoms with E-state index in [2.05, 4.69) is 5.32 Å². The summed E-state index contributed by atoms with van der Waals surface area (Å²) in [6, 6.07) is 0.0185. The summed E-state index contributed by atoms with van der Waals surface area (Å²) >= 11 is 0. The molecule has 118 valence electrons. The van der Waals surface area contributed by atoms with Gasteiger partial charge in [0, 0.05) is 19.0 Å². The minimum absolute atomic E-state index is 0.00985. The Hall–Kier alpha value is -1.06. The fourth-order valence-electron chi connectivity index (χ4n) is 4.66. The molecule has 2 amide bonds. The van der Waals surface area contributed by atoms with Crippen LogP contribution in [0.15, 0.2) is 0 Å². The lowest BCUT2D eigenvalue weighted by molar-refractivity contribution is -0.140. The number of hydrogen-bond acceptors (Lipinski definition) is 2. The number of rotatable bonds is 3. The molecule has 0 aromatic heterocycles. The summed E-state index contributed by atoms with van der Waals surface area (Å²) in [4.78, 5) is 27.0. The highest BCUT2D eigenvalue weighted by Crippen LogP contribution is 2.48. The highest BCUT2D eigenvalue weighted by atomic mass is 16.2. The first-order chi connectivity index (χ1) is 9.93. The van der Waals surface area contributed by atoms with Crippen molar-refractivity contribution in [3.8, 4) is 0 Å². The third kappa shape index (κ3) is 2.58. The molecule has 5 atom stereocenters. The molecule has 3 fully saturated rings. The average Bonchev–Trinajstić information content (AvgIpc) is 3.03. The second kappa shape index (κ2) is 5.29. The second-order valence-corrected chi connectivity index (χ2v) is 7.68. The first-order valence-electron chi connectivity index (χ1n) is 8.55. The smallest absolute Gasteiger partial charge is 0.248 e. The van der Waals surface area contributed by atoms with Crippen molar-refractivity contribution in [3.63, 3.8) is 0 Å². The minimum atomic E-state index is -0.723. The van der Waals surface area contributed by atoms with Gasteiger partial charge in [-0.3, -0.25) is 9.59 Å². The molecule has 1 aliphatic heterocycles. The Morgan fingerprint density at radius 2 is 2.05 bits per heavy atom. The predicted octanol–water partition coefficient (Wildman–Crippen LogP) is 2.33. The molecule has 1 saturated heterocycles. The van der Waals surface area contributed by atoms with E-state index in [-0.39, 0.29) is 17.9 Å². The van der Waals surface area contributed by atoms with E-state index in [1.807, 2.05) is 25.7 Å². The van der Waals surface area contributed by atoms with Gasteiger partial charge in [0.05, 0.1) is 0 Å². The zero-order chi connectivity index (χ0) is 15.2. The Bertz CT molecular complexity index is 450. The molecule has 3 aliphatic rings. The van der Waals surface area contributed by atoms with Gasteiger partial charge < -0.3 is 10.2 Å². The maximum Gasteiger partial charge on any atom is 0.248 e. The Morgan fingerprint density at radius 3 is 2.62 bits per heavy atom. The Kier molecular flexibility index (Phi) is 3.74. The van der Waals surface area contributed by atoms with Gasteiger partial charge in [0.15, 0.2) is 0 Å². The van der Waals surface area contributed by atoms with E-state index in [0.717, 1.165) is 18.4 Å². The van der Waals surface area contributed by atoms with Crippen LogP contribution in [-0.2, 0) is 9.59 Å². The van der Waals surface area contributed by atoms with E-state index in [1.54, 1.807) is 0 Å². The lowest BCUT2D eigenvalue weighted by Crippen LogP contribution is -2.56. The summed E-state index contributed by atoms with van der Waals surface area (Å²) in [5.74, 6) is 2.50. The maximum atomic E-state index is 13.0. The summed E-state index contributed by atoms with van der Waals surface area (Å²) in [5.41, 5.74) is -0.723. The molecular formula is C17H28N2O2. The number of nitrogens with zero attached hydrogens (tertiary/aromatic N) is 1. The monoisotopic (exact) mass is 292 g/mol. The first-order valence-corrected chi connectivity index (χ1v) is 8.55. The van der Waals surface area contributed by atoms with E-state index in [9.17, 15) is 9.59 Å². The zero-order valence-corrected chi connectivity index (χ0v) is 13.5. The van der Waals surface area contributed by atoms with Crippen LogP contribution in [0.1, 0.15) is 59.3 Å². The predicted molar refractivity (Wildman–Crippen MR) is 81.6 cm³/mol. The summed E-state index contributed by atoms with van der Waals surface area (Å²) in [7, 11) is 0. The summed E-state index contributed by atoms with van der Waals surface area (Å²) in [5, 5.41) is 2.94. The van der Waals surface area contributed by atoms with Gasteiger partial charge in [0.25, 0.3) is 0 Å². The highest BCUT2D eigenvalue weighted by molar-refractivity contribution is 5.93. The van der Waals surface area contributed by atoms with Gasteiger partial charge in [-0.1, -0.05) is 13.3 Å². The molecular weight excluding hydrogens is 264 g/mol. The minimum Gasteiger partial charge on any atom is -0.342 e. The van der Waals surface area contributed by atoms with Crippen LogP contribution in [0.2, 0.25) is 0 Å². The van der Waals surface area contributed by atoms with Crippen molar-refractivity contribution in [2.75, 3.05) is 6.54 Å². The SMILES string of the molecule is CCC1(C)NC(=O)CC(C)N(CC2CC3CCC2C3)C1=O. The van der Waals surface area contributed by atoms with E-state index in [4.69, 9.17) is 0 Å². The van der Waals surface area contributed by atoms with Gasteiger partial charge in [0.1, 0.15) is 5.54 Å². The molecule has 21 heavy (non-hydrogen) atoms. The number of hydrogen-bond donors (Lipinski definition) is 1. The van der Waals surface area contributed by atoms with Crippen LogP contribution in [0.25, 0.3) is 0 Å². The molecule has 0 aromatic carbocycles. The number of amides is 2. The van der Waals surface area contributed by atoms with Crippen LogP contribution in [0.3, 0.4) is 0 Å². The molecule has 0 radical (unpaired) electrons. The normalized spacial score (nSPS) is 43.1. The third-order valence-corrected chi connectivity index (χ3v) is 6.18. The average molecular weight is 292 g/mol. The molecule has 0 spiro atoms.